The van der Waals surface area contributed by atoms with Crippen molar-refractivity contribution in [2.45, 2.75) is 127 Å². The van der Waals surface area contributed by atoms with Crippen molar-refractivity contribution in [3.05, 3.63) is 22.8 Å². The number of allylic oxidation sites excluding steroid dienone is 2. The zero-order chi connectivity index (χ0) is 29.7. The van der Waals surface area contributed by atoms with Crippen molar-refractivity contribution in [2.75, 3.05) is 13.2 Å². The van der Waals surface area contributed by atoms with Crippen LogP contribution in [0.5, 0.6) is 0 Å². The van der Waals surface area contributed by atoms with Crippen LogP contribution in [-0.2, 0) is 19.0 Å². The zero-order valence-electron chi connectivity index (χ0n) is 25.4. The number of Topliss-reactive ketones (excluding diaryl/α,β-unsaturated/α-hetero) is 1. The van der Waals surface area contributed by atoms with Crippen molar-refractivity contribution < 1.29 is 39.4 Å². The first-order chi connectivity index (χ1) is 20.0. The fourth-order valence-corrected chi connectivity index (χ4v) is 10.4. The van der Waals surface area contributed by atoms with Crippen LogP contribution in [0.3, 0.4) is 0 Å². The average molecular weight is 588 g/mol. The Bertz CT molecular complexity index is 1170. The molecule has 0 amide bonds. The molecule has 0 aromatic rings. The van der Waals surface area contributed by atoms with E-state index in [1.807, 2.05) is 0 Å². The first-order valence-electron chi connectivity index (χ1n) is 16.3. The highest BCUT2D eigenvalue weighted by molar-refractivity contribution is 6.02. The maximum Gasteiger partial charge on any atom is 0.186 e. The molecule has 234 valence electrons. The Labute approximate surface area is 248 Å². The molecular formula is C33H49NO8. The number of carbonyl (C=O) groups is 1. The van der Waals surface area contributed by atoms with Crippen LogP contribution in [0.25, 0.3) is 0 Å². The van der Waals surface area contributed by atoms with Gasteiger partial charge in [-0.05, 0) is 87.2 Å². The molecule has 0 aromatic carbocycles. The molecule has 7 rings (SSSR count). The summed E-state index contributed by atoms with van der Waals surface area (Å²) in [5.41, 5.74) is 2.89. The van der Waals surface area contributed by atoms with Crippen molar-refractivity contribution >= 4 is 5.78 Å². The van der Waals surface area contributed by atoms with Crippen LogP contribution in [-0.4, -0.2) is 93.9 Å². The Morgan fingerprint density at radius 3 is 2.67 bits per heavy atom. The van der Waals surface area contributed by atoms with Gasteiger partial charge in [0, 0.05) is 23.5 Å². The normalized spacial score (nSPS) is 53.9. The maximum absolute atomic E-state index is 14.5. The third-order valence-electron chi connectivity index (χ3n) is 12.8. The summed E-state index contributed by atoms with van der Waals surface area (Å²) in [5, 5.41) is 44.2. The summed E-state index contributed by atoms with van der Waals surface area (Å²) >= 11 is 0. The topological polar surface area (TPSA) is 138 Å². The van der Waals surface area contributed by atoms with Gasteiger partial charge in [0.2, 0.25) is 0 Å². The molecule has 4 aliphatic carbocycles. The summed E-state index contributed by atoms with van der Waals surface area (Å²) in [7, 11) is 0. The molecule has 3 saturated heterocycles. The molecule has 2 saturated carbocycles. The van der Waals surface area contributed by atoms with Gasteiger partial charge >= 0.3 is 0 Å². The van der Waals surface area contributed by atoms with Gasteiger partial charge in [-0.15, -0.1) is 0 Å². The molecule has 1 spiro atoms. The molecule has 5 N–H and O–H groups in total. The Morgan fingerprint density at radius 1 is 1.12 bits per heavy atom. The lowest BCUT2D eigenvalue weighted by Crippen LogP contribution is -2.60. The van der Waals surface area contributed by atoms with E-state index in [4.69, 9.17) is 14.2 Å². The quantitative estimate of drug-likeness (QED) is 0.314. The minimum Gasteiger partial charge on any atom is -0.394 e. The minimum absolute atomic E-state index is 0.0482. The van der Waals surface area contributed by atoms with Crippen LogP contribution in [0.4, 0.5) is 0 Å². The molecule has 0 unspecified atom stereocenters. The molecule has 9 heteroatoms. The minimum atomic E-state index is -1.46. The van der Waals surface area contributed by atoms with Gasteiger partial charge in [-0.2, -0.15) is 0 Å². The van der Waals surface area contributed by atoms with E-state index in [0.29, 0.717) is 42.4 Å². The van der Waals surface area contributed by atoms with Crippen molar-refractivity contribution in [3.8, 4) is 0 Å². The van der Waals surface area contributed by atoms with Crippen molar-refractivity contribution in [1.82, 2.24) is 5.32 Å². The summed E-state index contributed by atoms with van der Waals surface area (Å²) in [6.45, 7) is 9.60. The summed E-state index contributed by atoms with van der Waals surface area (Å²) in [6.07, 6.45) is 1.93. The summed E-state index contributed by atoms with van der Waals surface area (Å²) in [6, 6.07) is 0.344. The number of rotatable bonds is 3. The van der Waals surface area contributed by atoms with Gasteiger partial charge in [0.25, 0.3) is 0 Å². The standard InChI is InChI=1S/C33H49NO8/c1-15-11-22-26(34-13-15)17(3)33(42-22)10-8-20-21-6-5-18-12-19(40-31-30(39)29(38)27(36)23(14-35)41-31)7-9-32(18,4)25(21)28(37)24(20)16(33)2/h5,15,17,19-23,25-27,29-31,34-36,38-39H,6-14H2,1-4H3/t15-,17+,19-,20-,21-,22-,23+,25+,26-,27+,29-,30+,31+,32-,33-/m0/s1. The number of piperidine rings is 1. The van der Waals surface area contributed by atoms with E-state index in [0.717, 1.165) is 44.2 Å². The lowest BCUT2D eigenvalue weighted by atomic mass is 9.56. The lowest BCUT2D eigenvalue weighted by molar-refractivity contribution is -0.312. The summed E-state index contributed by atoms with van der Waals surface area (Å²) < 4.78 is 18.8. The smallest absolute Gasteiger partial charge is 0.186 e. The van der Waals surface area contributed by atoms with E-state index < -0.39 is 37.3 Å². The molecule has 3 heterocycles. The van der Waals surface area contributed by atoms with Gasteiger partial charge < -0.3 is 40.0 Å². The largest absolute Gasteiger partial charge is 0.394 e. The number of hydrogen-bond acceptors (Lipinski definition) is 9. The molecule has 0 radical (unpaired) electrons. The Morgan fingerprint density at radius 2 is 1.90 bits per heavy atom. The molecular weight excluding hydrogens is 538 g/mol. The third-order valence-corrected chi connectivity index (χ3v) is 12.8. The highest BCUT2D eigenvalue weighted by Gasteiger charge is 2.63. The highest BCUT2D eigenvalue weighted by atomic mass is 16.7. The van der Waals surface area contributed by atoms with E-state index in [1.54, 1.807) is 0 Å². The molecule has 0 aromatic heterocycles. The van der Waals surface area contributed by atoms with E-state index >= 15 is 0 Å². The second-order valence-electron chi connectivity index (χ2n) is 14.9. The van der Waals surface area contributed by atoms with Gasteiger partial charge in [0.05, 0.1) is 24.4 Å². The predicted octanol–water partition coefficient (Wildman–Crippen LogP) is 2.01. The number of ketones is 1. The molecule has 0 bridgehead atoms. The van der Waals surface area contributed by atoms with Crippen molar-refractivity contribution in [2.24, 2.45) is 35.0 Å². The van der Waals surface area contributed by atoms with Crippen LogP contribution in [0.2, 0.25) is 0 Å². The van der Waals surface area contributed by atoms with E-state index in [-0.39, 0.29) is 35.1 Å². The van der Waals surface area contributed by atoms with Gasteiger partial charge in [-0.3, -0.25) is 4.79 Å². The van der Waals surface area contributed by atoms with Crippen LogP contribution >= 0.6 is 0 Å². The summed E-state index contributed by atoms with van der Waals surface area (Å²) in [4.78, 5) is 14.5. The predicted molar refractivity (Wildman–Crippen MR) is 153 cm³/mol. The van der Waals surface area contributed by atoms with Gasteiger partial charge in [0.15, 0.2) is 12.1 Å². The maximum atomic E-state index is 14.5. The van der Waals surface area contributed by atoms with Crippen molar-refractivity contribution in [3.63, 3.8) is 0 Å². The van der Waals surface area contributed by atoms with Gasteiger partial charge in [-0.1, -0.05) is 32.4 Å². The van der Waals surface area contributed by atoms with Crippen LogP contribution in [0.1, 0.15) is 72.6 Å². The first kappa shape index (κ1) is 29.5. The monoisotopic (exact) mass is 587 g/mol. The number of aliphatic hydroxyl groups is 4. The molecule has 42 heavy (non-hydrogen) atoms. The van der Waals surface area contributed by atoms with Crippen LogP contribution in [0, 0.1) is 35.0 Å². The number of fused-ring (bicyclic) bond motifs is 6. The fraction of sp³-hybridized carbons (Fsp3) is 0.848. The molecule has 5 fully saturated rings. The second-order valence-corrected chi connectivity index (χ2v) is 14.9. The molecule has 9 nitrogen and oxygen atoms in total. The third kappa shape index (κ3) is 4.14. The average Bonchev–Trinajstić information content (AvgIpc) is 3.42. The second kappa shape index (κ2) is 10.4. The highest BCUT2D eigenvalue weighted by Crippen LogP contribution is 2.64. The lowest BCUT2D eigenvalue weighted by Gasteiger charge is -2.49. The molecule has 3 aliphatic heterocycles. The first-order valence-corrected chi connectivity index (χ1v) is 16.3. The number of carbonyl (C=O) groups excluding carboxylic acids is 1. The number of ether oxygens (including phenoxy) is 3. The van der Waals surface area contributed by atoms with Crippen LogP contribution < -0.4 is 5.32 Å². The fourth-order valence-electron chi connectivity index (χ4n) is 10.4. The SMILES string of the molecule is CC1=C2C(=O)[C@H]3[C@@H](CC=C4C[C@@H](O[C@@H]5O[C@H](CO)[C@@H](O)[C@H](O)[C@H]5O)CC[C@@]43C)[C@@H]2CC[C@]12O[C@H]1C[C@H](C)CN[C@H]1[C@H]2C. The van der Waals surface area contributed by atoms with Crippen LogP contribution in [0.15, 0.2) is 22.8 Å². The molecule has 7 aliphatic rings. The Balaban J connectivity index is 1.11. The van der Waals surface area contributed by atoms with Gasteiger partial charge in [0.1, 0.15) is 24.4 Å². The van der Waals surface area contributed by atoms with E-state index in [1.165, 1.54) is 11.1 Å². The number of nitrogens with one attached hydrogen (secondary N) is 1. The Hall–Kier alpha value is -1.17. The van der Waals surface area contributed by atoms with Crippen molar-refractivity contribution in [1.29, 1.82) is 0 Å². The zero-order valence-corrected chi connectivity index (χ0v) is 25.4. The van der Waals surface area contributed by atoms with E-state index in [9.17, 15) is 25.2 Å². The Kier molecular flexibility index (Phi) is 7.34. The summed E-state index contributed by atoms with van der Waals surface area (Å²) in [5.74, 6) is 1.81. The van der Waals surface area contributed by atoms with E-state index in [2.05, 4.69) is 39.1 Å². The molecule has 15 atom stereocenters. The number of aliphatic hydroxyl groups excluding tert-OH is 4. The number of hydrogen-bond donors (Lipinski definition) is 5. The van der Waals surface area contributed by atoms with Gasteiger partial charge in [-0.25, -0.2) is 0 Å².